The Morgan fingerprint density at radius 1 is 1.35 bits per heavy atom. The largest absolute Gasteiger partial charge is 0.383 e. The zero-order valence-corrected chi connectivity index (χ0v) is 13.4. The number of aromatic nitrogens is 2. The monoisotopic (exact) mass is 340 g/mol. The number of hydrogen-bond donors (Lipinski definition) is 1. The molecule has 3 nitrogen and oxygen atoms in total. The van der Waals surface area contributed by atoms with Gasteiger partial charge in [-0.1, -0.05) is 12.1 Å². The van der Waals surface area contributed by atoms with Crippen LogP contribution in [-0.4, -0.2) is 14.9 Å². The first-order valence-electron chi connectivity index (χ1n) is 6.51. The lowest BCUT2D eigenvalue weighted by Crippen LogP contribution is -2.29. The maximum atomic E-state index is 12.9. The van der Waals surface area contributed by atoms with Crippen LogP contribution in [0, 0.1) is 5.82 Å². The van der Waals surface area contributed by atoms with Gasteiger partial charge in [-0.05, 0) is 54.4 Å². The molecule has 1 N–H and O–H groups in total. The molecule has 0 radical (unpaired) electrons. The van der Waals surface area contributed by atoms with E-state index in [4.69, 9.17) is 0 Å². The minimum Gasteiger partial charge on any atom is -0.383 e. The number of aliphatic hydroxyl groups is 1. The minimum absolute atomic E-state index is 0.149. The third-order valence-corrected chi connectivity index (χ3v) is 3.79. The van der Waals surface area contributed by atoms with Crippen LogP contribution in [0.4, 0.5) is 4.39 Å². The smallest absolute Gasteiger partial charge is 0.123 e. The van der Waals surface area contributed by atoms with Crippen molar-refractivity contribution in [2.45, 2.75) is 38.8 Å². The second-order valence-corrected chi connectivity index (χ2v) is 6.31. The Kier molecular flexibility index (Phi) is 4.30. The molecule has 2 rings (SSSR count). The molecule has 20 heavy (non-hydrogen) atoms. The van der Waals surface area contributed by atoms with E-state index in [0.29, 0.717) is 6.42 Å². The molecule has 0 aliphatic carbocycles. The van der Waals surface area contributed by atoms with Crippen LogP contribution >= 0.6 is 15.9 Å². The van der Waals surface area contributed by atoms with Crippen molar-refractivity contribution in [3.63, 3.8) is 0 Å². The summed E-state index contributed by atoms with van der Waals surface area (Å²) in [5.74, 6) is -0.276. The Morgan fingerprint density at radius 3 is 2.50 bits per heavy atom. The molecule has 0 aliphatic rings. The Balaban J connectivity index is 2.35. The van der Waals surface area contributed by atoms with Crippen molar-refractivity contribution in [1.29, 1.82) is 0 Å². The van der Waals surface area contributed by atoms with Gasteiger partial charge in [-0.3, -0.25) is 4.68 Å². The predicted octanol–water partition coefficient (Wildman–Crippen LogP) is 3.82. The van der Waals surface area contributed by atoms with Crippen LogP contribution < -0.4 is 0 Å². The van der Waals surface area contributed by atoms with Gasteiger partial charge in [0.15, 0.2) is 0 Å². The fourth-order valence-corrected chi connectivity index (χ4v) is 3.02. The Labute approximate surface area is 126 Å². The van der Waals surface area contributed by atoms with E-state index in [9.17, 15) is 9.50 Å². The molecule has 1 atom stereocenters. The molecule has 2 aromatic rings. The highest BCUT2D eigenvalue weighted by Gasteiger charge is 2.31. The zero-order chi connectivity index (χ0) is 14.9. The predicted molar refractivity (Wildman–Crippen MR) is 80.0 cm³/mol. The maximum Gasteiger partial charge on any atom is 0.123 e. The van der Waals surface area contributed by atoms with E-state index in [1.165, 1.54) is 12.1 Å². The Bertz CT molecular complexity index is 590. The maximum absolute atomic E-state index is 12.9. The van der Waals surface area contributed by atoms with Crippen molar-refractivity contribution in [2.24, 2.45) is 0 Å². The second-order valence-electron chi connectivity index (χ2n) is 5.46. The zero-order valence-electron chi connectivity index (χ0n) is 11.8. The van der Waals surface area contributed by atoms with E-state index >= 15 is 0 Å². The summed E-state index contributed by atoms with van der Waals surface area (Å²) in [5, 5.41) is 15.1. The molecular formula is C15H18BrFN2O. The molecule has 0 amide bonds. The van der Waals surface area contributed by atoms with Crippen LogP contribution in [0.2, 0.25) is 0 Å². The van der Waals surface area contributed by atoms with E-state index in [-0.39, 0.29) is 11.9 Å². The summed E-state index contributed by atoms with van der Waals surface area (Å²) in [5.41, 5.74) is 0.522. The summed E-state index contributed by atoms with van der Waals surface area (Å²) in [6.07, 6.45) is 2.08. The van der Waals surface area contributed by atoms with Crippen molar-refractivity contribution < 1.29 is 9.50 Å². The van der Waals surface area contributed by atoms with Crippen molar-refractivity contribution in [3.8, 4) is 0 Å². The average molecular weight is 341 g/mol. The van der Waals surface area contributed by atoms with Gasteiger partial charge in [0, 0.05) is 12.5 Å². The lowest BCUT2D eigenvalue weighted by molar-refractivity contribution is 0.0458. The van der Waals surface area contributed by atoms with Gasteiger partial charge in [0.2, 0.25) is 0 Å². The molecule has 0 saturated heterocycles. The normalized spacial score (nSPS) is 14.6. The fraction of sp³-hybridized carbons (Fsp3) is 0.400. The molecule has 0 saturated carbocycles. The van der Waals surface area contributed by atoms with Crippen LogP contribution in [0.25, 0.3) is 0 Å². The standard InChI is InChI=1S/C15H18BrFN2O/c1-10(2)19-14(13(16)9-18-19)15(3,20)8-11-4-6-12(17)7-5-11/h4-7,9-10,20H,8H2,1-3H3. The highest BCUT2D eigenvalue weighted by molar-refractivity contribution is 9.10. The van der Waals surface area contributed by atoms with Crippen molar-refractivity contribution in [2.75, 3.05) is 0 Å². The minimum atomic E-state index is -1.09. The molecule has 1 heterocycles. The average Bonchev–Trinajstić information content (AvgIpc) is 2.75. The molecule has 5 heteroatoms. The van der Waals surface area contributed by atoms with E-state index < -0.39 is 5.60 Å². The number of halogens is 2. The molecule has 0 spiro atoms. The first-order valence-corrected chi connectivity index (χ1v) is 7.31. The lowest BCUT2D eigenvalue weighted by Gasteiger charge is -2.26. The molecule has 1 aromatic carbocycles. The number of nitrogens with zero attached hydrogens (tertiary/aromatic N) is 2. The van der Waals surface area contributed by atoms with Gasteiger partial charge < -0.3 is 5.11 Å². The molecule has 1 aromatic heterocycles. The van der Waals surface area contributed by atoms with Gasteiger partial charge in [0.05, 0.1) is 16.4 Å². The lowest BCUT2D eigenvalue weighted by atomic mass is 9.93. The van der Waals surface area contributed by atoms with Gasteiger partial charge in [0.25, 0.3) is 0 Å². The Morgan fingerprint density at radius 2 is 1.95 bits per heavy atom. The van der Waals surface area contributed by atoms with Crippen LogP contribution in [0.15, 0.2) is 34.9 Å². The highest BCUT2D eigenvalue weighted by atomic mass is 79.9. The number of benzene rings is 1. The first-order chi connectivity index (χ1) is 9.31. The molecule has 0 aliphatic heterocycles. The number of hydrogen-bond acceptors (Lipinski definition) is 2. The summed E-state index contributed by atoms with van der Waals surface area (Å²) in [7, 11) is 0. The SMILES string of the molecule is CC(C)n1ncc(Br)c1C(C)(O)Cc1ccc(F)cc1. The van der Waals surface area contributed by atoms with E-state index in [1.807, 2.05) is 13.8 Å². The van der Waals surface area contributed by atoms with E-state index in [2.05, 4.69) is 21.0 Å². The van der Waals surface area contributed by atoms with E-state index in [0.717, 1.165) is 15.7 Å². The number of rotatable bonds is 4. The van der Waals surface area contributed by atoms with Crippen LogP contribution in [0.5, 0.6) is 0 Å². The van der Waals surface area contributed by atoms with E-state index in [1.54, 1.807) is 29.9 Å². The van der Waals surface area contributed by atoms with Gasteiger partial charge in [-0.2, -0.15) is 5.10 Å². The summed E-state index contributed by atoms with van der Waals surface area (Å²) in [6.45, 7) is 5.77. The van der Waals surface area contributed by atoms with Crippen molar-refractivity contribution >= 4 is 15.9 Å². The van der Waals surface area contributed by atoms with Crippen molar-refractivity contribution in [1.82, 2.24) is 9.78 Å². The third kappa shape index (κ3) is 3.10. The van der Waals surface area contributed by atoms with Crippen LogP contribution in [-0.2, 0) is 12.0 Å². The highest BCUT2D eigenvalue weighted by Crippen LogP contribution is 2.32. The summed E-state index contributed by atoms with van der Waals surface area (Å²) >= 11 is 3.44. The second kappa shape index (κ2) is 5.66. The Hall–Kier alpha value is -1.20. The first kappa shape index (κ1) is 15.2. The summed E-state index contributed by atoms with van der Waals surface area (Å²) < 4.78 is 15.5. The van der Waals surface area contributed by atoms with Gasteiger partial charge >= 0.3 is 0 Å². The molecular weight excluding hydrogens is 323 g/mol. The third-order valence-electron chi connectivity index (χ3n) is 3.21. The van der Waals surface area contributed by atoms with Gasteiger partial charge in [0.1, 0.15) is 11.4 Å². The topological polar surface area (TPSA) is 38.0 Å². The molecule has 0 bridgehead atoms. The van der Waals surface area contributed by atoms with Crippen LogP contribution in [0.3, 0.4) is 0 Å². The van der Waals surface area contributed by atoms with Gasteiger partial charge in [-0.25, -0.2) is 4.39 Å². The van der Waals surface area contributed by atoms with Gasteiger partial charge in [-0.15, -0.1) is 0 Å². The van der Waals surface area contributed by atoms with Crippen molar-refractivity contribution in [3.05, 3.63) is 52.0 Å². The molecule has 1 unspecified atom stereocenters. The molecule has 0 fully saturated rings. The summed E-state index contributed by atoms with van der Waals surface area (Å²) in [6, 6.07) is 6.33. The summed E-state index contributed by atoms with van der Waals surface area (Å²) in [4.78, 5) is 0. The van der Waals surface area contributed by atoms with Crippen LogP contribution in [0.1, 0.15) is 38.1 Å². The quantitative estimate of drug-likeness (QED) is 0.918. The fourth-order valence-electron chi connectivity index (χ4n) is 2.32. The molecule has 108 valence electrons.